The van der Waals surface area contributed by atoms with Crippen LogP contribution in [0.5, 0.6) is 5.75 Å². The normalized spacial score (nSPS) is 14.8. The molecule has 1 aromatic heterocycles. The zero-order valence-electron chi connectivity index (χ0n) is 15.8. The van der Waals surface area contributed by atoms with Crippen molar-refractivity contribution in [2.75, 3.05) is 18.1 Å². The summed E-state index contributed by atoms with van der Waals surface area (Å²) in [5.74, 6) is 0.887. The Bertz CT molecular complexity index is 884. The van der Waals surface area contributed by atoms with Crippen molar-refractivity contribution < 1.29 is 13.2 Å². The van der Waals surface area contributed by atoms with E-state index in [0.29, 0.717) is 6.61 Å². The first kappa shape index (κ1) is 18.7. The standard InChI is InChI=1S/C20H26N2O3S/c1-5-25-18-8-6-15-10-11-22(14-16(15)12-18)17-7-9-19(21-13-17)26(23,24)20(2,3)4/h6-9,12-13H,5,10-11,14H2,1-4H3. The van der Waals surface area contributed by atoms with Gasteiger partial charge in [-0.3, -0.25) is 0 Å². The molecule has 1 aliphatic heterocycles. The Labute approximate surface area is 155 Å². The van der Waals surface area contributed by atoms with Gasteiger partial charge in [0.15, 0.2) is 14.9 Å². The third kappa shape index (κ3) is 3.56. The smallest absolute Gasteiger partial charge is 0.200 e. The molecule has 0 amide bonds. The van der Waals surface area contributed by atoms with Crippen LogP contribution in [0.25, 0.3) is 0 Å². The fourth-order valence-electron chi connectivity index (χ4n) is 3.04. The Morgan fingerprint density at radius 1 is 1.15 bits per heavy atom. The third-order valence-corrected chi connectivity index (χ3v) is 7.07. The SMILES string of the molecule is CCOc1ccc2c(c1)CN(c1ccc(S(=O)(=O)C(C)(C)C)nc1)CC2. The van der Waals surface area contributed by atoms with Gasteiger partial charge in [-0.05, 0) is 69.5 Å². The van der Waals surface area contributed by atoms with Crippen LogP contribution in [0.2, 0.25) is 0 Å². The fourth-order valence-corrected chi connectivity index (χ4v) is 4.11. The van der Waals surface area contributed by atoms with E-state index in [0.717, 1.165) is 30.9 Å². The number of benzene rings is 1. The van der Waals surface area contributed by atoms with Crippen molar-refractivity contribution in [1.82, 2.24) is 4.98 Å². The molecule has 0 fully saturated rings. The largest absolute Gasteiger partial charge is 0.494 e. The van der Waals surface area contributed by atoms with Crippen molar-refractivity contribution in [2.24, 2.45) is 0 Å². The van der Waals surface area contributed by atoms with E-state index >= 15 is 0 Å². The lowest BCUT2D eigenvalue weighted by Gasteiger charge is -2.31. The van der Waals surface area contributed by atoms with Crippen molar-refractivity contribution in [3.63, 3.8) is 0 Å². The van der Waals surface area contributed by atoms with Crippen LogP contribution in [0, 0.1) is 0 Å². The zero-order valence-corrected chi connectivity index (χ0v) is 16.6. The summed E-state index contributed by atoms with van der Waals surface area (Å²) in [5, 5.41) is 0.129. The molecule has 6 heteroatoms. The second-order valence-electron chi connectivity index (χ2n) is 7.51. The van der Waals surface area contributed by atoms with Gasteiger partial charge in [0.05, 0.1) is 23.2 Å². The van der Waals surface area contributed by atoms with Crippen LogP contribution in [0.3, 0.4) is 0 Å². The Kier molecular flexibility index (Phi) is 4.97. The van der Waals surface area contributed by atoms with E-state index in [4.69, 9.17) is 4.74 Å². The number of hydrogen-bond acceptors (Lipinski definition) is 5. The van der Waals surface area contributed by atoms with E-state index in [1.807, 2.05) is 19.1 Å². The average molecular weight is 375 g/mol. The summed E-state index contributed by atoms with van der Waals surface area (Å²) in [6, 6.07) is 9.71. The molecule has 0 unspecified atom stereocenters. The Hall–Kier alpha value is -2.08. The molecule has 26 heavy (non-hydrogen) atoms. The van der Waals surface area contributed by atoms with Gasteiger partial charge in [0.2, 0.25) is 0 Å². The fraction of sp³-hybridized carbons (Fsp3) is 0.450. The van der Waals surface area contributed by atoms with Crippen molar-refractivity contribution in [3.05, 3.63) is 47.7 Å². The molecule has 0 spiro atoms. The molecule has 2 aromatic rings. The molecule has 0 atom stereocenters. The minimum atomic E-state index is -3.43. The highest BCUT2D eigenvalue weighted by molar-refractivity contribution is 7.92. The number of pyridine rings is 1. The maximum absolute atomic E-state index is 12.5. The number of nitrogens with zero attached hydrogens (tertiary/aromatic N) is 2. The topological polar surface area (TPSA) is 59.5 Å². The van der Waals surface area contributed by atoms with E-state index in [2.05, 4.69) is 22.0 Å². The third-order valence-electron chi connectivity index (χ3n) is 4.67. The van der Waals surface area contributed by atoms with E-state index in [-0.39, 0.29) is 5.03 Å². The summed E-state index contributed by atoms with van der Waals surface area (Å²) in [4.78, 5) is 6.46. The number of ether oxygens (including phenoxy) is 1. The van der Waals surface area contributed by atoms with Gasteiger partial charge in [0.25, 0.3) is 0 Å². The molecule has 3 rings (SSSR count). The molecular formula is C20H26N2O3S. The van der Waals surface area contributed by atoms with Crippen LogP contribution in [-0.2, 0) is 22.8 Å². The Morgan fingerprint density at radius 3 is 2.54 bits per heavy atom. The van der Waals surface area contributed by atoms with E-state index < -0.39 is 14.6 Å². The molecule has 0 bridgehead atoms. The average Bonchev–Trinajstić information content (AvgIpc) is 2.60. The molecule has 2 heterocycles. The molecule has 0 saturated heterocycles. The minimum Gasteiger partial charge on any atom is -0.494 e. The summed E-state index contributed by atoms with van der Waals surface area (Å²) < 4.78 is 29.8. The lowest BCUT2D eigenvalue weighted by molar-refractivity contribution is 0.339. The highest BCUT2D eigenvalue weighted by atomic mass is 32.2. The molecule has 1 aliphatic rings. The number of rotatable bonds is 4. The Morgan fingerprint density at radius 2 is 1.92 bits per heavy atom. The van der Waals surface area contributed by atoms with E-state index in [9.17, 15) is 8.42 Å². The molecule has 140 valence electrons. The van der Waals surface area contributed by atoms with Crippen LogP contribution < -0.4 is 9.64 Å². The first-order chi connectivity index (χ1) is 12.2. The van der Waals surface area contributed by atoms with Gasteiger partial charge in [0, 0.05) is 13.1 Å². The molecule has 0 radical (unpaired) electrons. The molecule has 5 nitrogen and oxygen atoms in total. The van der Waals surface area contributed by atoms with Crippen molar-refractivity contribution in [1.29, 1.82) is 0 Å². The van der Waals surface area contributed by atoms with Crippen LogP contribution in [0.4, 0.5) is 5.69 Å². The van der Waals surface area contributed by atoms with E-state index in [1.165, 1.54) is 11.1 Å². The predicted molar refractivity (Wildman–Crippen MR) is 104 cm³/mol. The number of aromatic nitrogens is 1. The number of sulfone groups is 1. The summed E-state index contributed by atoms with van der Waals surface area (Å²) in [5.41, 5.74) is 3.52. The lowest BCUT2D eigenvalue weighted by atomic mass is 9.99. The maximum Gasteiger partial charge on any atom is 0.200 e. The van der Waals surface area contributed by atoms with Gasteiger partial charge in [-0.2, -0.15) is 0 Å². The number of fused-ring (bicyclic) bond motifs is 1. The van der Waals surface area contributed by atoms with Crippen LogP contribution in [0.1, 0.15) is 38.8 Å². The second kappa shape index (κ2) is 6.91. The molecule has 1 aromatic carbocycles. The Balaban J connectivity index is 1.82. The van der Waals surface area contributed by atoms with Crippen molar-refractivity contribution in [3.8, 4) is 5.75 Å². The molecule has 0 saturated carbocycles. The maximum atomic E-state index is 12.5. The second-order valence-corrected chi connectivity index (χ2v) is 10.2. The lowest BCUT2D eigenvalue weighted by Crippen LogP contribution is -2.31. The quantitative estimate of drug-likeness (QED) is 0.818. The van der Waals surface area contributed by atoms with Crippen LogP contribution >= 0.6 is 0 Å². The van der Waals surface area contributed by atoms with Crippen LogP contribution in [-0.4, -0.2) is 31.3 Å². The van der Waals surface area contributed by atoms with Gasteiger partial charge in [-0.25, -0.2) is 13.4 Å². The van der Waals surface area contributed by atoms with Gasteiger partial charge in [0.1, 0.15) is 5.75 Å². The van der Waals surface area contributed by atoms with Crippen molar-refractivity contribution in [2.45, 2.75) is 50.4 Å². The zero-order chi connectivity index (χ0) is 18.9. The van der Waals surface area contributed by atoms with E-state index in [1.54, 1.807) is 33.0 Å². The summed E-state index contributed by atoms with van der Waals surface area (Å²) >= 11 is 0. The molecular weight excluding hydrogens is 348 g/mol. The number of anilines is 1. The number of hydrogen-bond donors (Lipinski definition) is 0. The van der Waals surface area contributed by atoms with Crippen LogP contribution in [0.15, 0.2) is 41.6 Å². The van der Waals surface area contributed by atoms with Crippen molar-refractivity contribution >= 4 is 15.5 Å². The first-order valence-electron chi connectivity index (χ1n) is 8.92. The van der Waals surface area contributed by atoms with Gasteiger partial charge < -0.3 is 9.64 Å². The predicted octanol–water partition coefficient (Wildman–Crippen LogP) is 3.62. The van der Waals surface area contributed by atoms with Gasteiger partial charge >= 0.3 is 0 Å². The molecule has 0 aliphatic carbocycles. The highest BCUT2D eigenvalue weighted by Gasteiger charge is 2.32. The van der Waals surface area contributed by atoms with Gasteiger partial charge in [-0.1, -0.05) is 6.07 Å². The summed E-state index contributed by atoms with van der Waals surface area (Å²) in [6.45, 7) is 9.35. The highest BCUT2D eigenvalue weighted by Crippen LogP contribution is 2.29. The monoisotopic (exact) mass is 374 g/mol. The summed E-state index contributed by atoms with van der Waals surface area (Å²) in [7, 11) is -3.43. The molecule has 0 N–H and O–H groups in total. The van der Waals surface area contributed by atoms with Gasteiger partial charge in [-0.15, -0.1) is 0 Å². The minimum absolute atomic E-state index is 0.129. The first-order valence-corrected chi connectivity index (χ1v) is 10.4. The summed E-state index contributed by atoms with van der Waals surface area (Å²) in [6.07, 6.45) is 2.61.